The standard InChI is InChI=1S/C25H31NO3/c1-3-19(2)9-7-5-4-6-8-16-29-24-15-14-22(17-23(24)18-26)20-10-12-21(13-11-20)25(27)28/h10-15,17,19H,3-9,16H2,1-2H3,(H,27,28). The third-order valence-electron chi connectivity index (χ3n) is 5.36. The van der Waals surface area contributed by atoms with E-state index in [0.29, 0.717) is 17.9 Å². The average molecular weight is 394 g/mol. The zero-order valence-electron chi connectivity index (χ0n) is 17.5. The van der Waals surface area contributed by atoms with E-state index >= 15 is 0 Å². The van der Waals surface area contributed by atoms with E-state index in [2.05, 4.69) is 19.9 Å². The molecule has 2 rings (SSSR count). The molecule has 0 aliphatic heterocycles. The lowest BCUT2D eigenvalue weighted by molar-refractivity contribution is 0.0697. The van der Waals surface area contributed by atoms with Crippen LogP contribution in [0.25, 0.3) is 11.1 Å². The molecule has 0 aromatic heterocycles. The highest BCUT2D eigenvalue weighted by molar-refractivity contribution is 5.88. The van der Waals surface area contributed by atoms with Crippen molar-refractivity contribution < 1.29 is 14.6 Å². The molecule has 1 atom stereocenters. The molecular weight excluding hydrogens is 362 g/mol. The molecule has 0 spiro atoms. The Balaban J connectivity index is 1.82. The van der Waals surface area contributed by atoms with E-state index in [-0.39, 0.29) is 5.56 Å². The number of rotatable bonds is 12. The van der Waals surface area contributed by atoms with Crippen molar-refractivity contribution in [2.24, 2.45) is 5.92 Å². The first kappa shape index (κ1) is 22.5. The Kier molecular flexibility index (Phi) is 9.24. The van der Waals surface area contributed by atoms with Crippen molar-refractivity contribution in [1.29, 1.82) is 5.26 Å². The number of hydrogen-bond acceptors (Lipinski definition) is 3. The molecule has 0 heterocycles. The summed E-state index contributed by atoms with van der Waals surface area (Å²) in [5.41, 5.74) is 2.48. The van der Waals surface area contributed by atoms with E-state index < -0.39 is 5.97 Å². The second kappa shape index (κ2) is 11.9. The van der Waals surface area contributed by atoms with Crippen LogP contribution >= 0.6 is 0 Å². The first-order valence-corrected chi connectivity index (χ1v) is 10.6. The third-order valence-corrected chi connectivity index (χ3v) is 5.36. The average Bonchev–Trinajstić information content (AvgIpc) is 2.75. The number of aromatic carboxylic acids is 1. The Morgan fingerprint density at radius 3 is 2.34 bits per heavy atom. The number of carbonyl (C=O) groups is 1. The van der Waals surface area contributed by atoms with E-state index in [9.17, 15) is 10.1 Å². The van der Waals surface area contributed by atoms with Crippen LogP contribution in [0.3, 0.4) is 0 Å². The highest BCUT2D eigenvalue weighted by Gasteiger charge is 2.08. The van der Waals surface area contributed by atoms with E-state index in [1.54, 1.807) is 30.3 Å². The zero-order valence-corrected chi connectivity index (χ0v) is 17.5. The molecule has 0 radical (unpaired) electrons. The topological polar surface area (TPSA) is 70.3 Å². The Morgan fingerprint density at radius 1 is 1.03 bits per heavy atom. The van der Waals surface area contributed by atoms with Gasteiger partial charge in [-0.15, -0.1) is 0 Å². The molecule has 4 heteroatoms. The molecule has 1 unspecified atom stereocenters. The van der Waals surface area contributed by atoms with Crippen molar-refractivity contribution in [1.82, 2.24) is 0 Å². The fourth-order valence-corrected chi connectivity index (χ4v) is 3.24. The van der Waals surface area contributed by atoms with Crippen molar-refractivity contribution in [3.05, 3.63) is 53.6 Å². The van der Waals surface area contributed by atoms with Gasteiger partial charge in [-0.05, 0) is 47.7 Å². The quantitative estimate of drug-likeness (QED) is 0.408. The summed E-state index contributed by atoms with van der Waals surface area (Å²) in [7, 11) is 0. The van der Waals surface area contributed by atoms with Gasteiger partial charge in [-0.25, -0.2) is 4.79 Å². The molecule has 29 heavy (non-hydrogen) atoms. The summed E-state index contributed by atoms with van der Waals surface area (Å²) in [6.45, 7) is 5.18. The van der Waals surface area contributed by atoms with Gasteiger partial charge in [0.1, 0.15) is 11.8 Å². The zero-order chi connectivity index (χ0) is 21.1. The fraction of sp³-hybridized carbons (Fsp3) is 0.440. The van der Waals surface area contributed by atoms with Gasteiger partial charge in [0, 0.05) is 0 Å². The lowest BCUT2D eigenvalue weighted by Gasteiger charge is -2.10. The molecule has 0 saturated carbocycles. The van der Waals surface area contributed by atoms with Crippen molar-refractivity contribution in [3.63, 3.8) is 0 Å². The van der Waals surface area contributed by atoms with E-state index in [1.807, 2.05) is 12.1 Å². The summed E-state index contributed by atoms with van der Waals surface area (Å²) in [5.74, 6) is 0.490. The van der Waals surface area contributed by atoms with Gasteiger partial charge in [-0.3, -0.25) is 0 Å². The van der Waals surface area contributed by atoms with Crippen LogP contribution in [0, 0.1) is 17.2 Å². The monoisotopic (exact) mass is 393 g/mol. The van der Waals surface area contributed by atoms with Crippen molar-refractivity contribution in [2.75, 3.05) is 6.61 Å². The van der Waals surface area contributed by atoms with Gasteiger partial charge in [-0.2, -0.15) is 5.26 Å². The van der Waals surface area contributed by atoms with Crippen LogP contribution in [0.15, 0.2) is 42.5 Å². The van der Waals surface area contributed by atoms with Crippen LogP contribution in [0.2, 0.25) is 0 Å². The smallest absolute Gasteiger partial charge is 0.335 e. The minimum Gasteiger partial charge on any atom is -0.492 e. The molecule has 1 N–H and O–H groups in total. The highest BCUT2D eigenvalue weighted by Crippen LogP contribution is 2.27. The highest BCUT2D eigenvalue weighted by atomic mass is 16.5. The maximum Gasteiger partial charge on any atom is 0.335 e. The number of unbranched alkanes of at least 4 members (excludes halogenated alkanes) is 4. The van der Waals surface area contributed by atoms with Crippen molar-refractivity contribution >= 4 is 5.97 Å². The minimum atomic E-state index is -0.950. The first-order valence-electron chi connectivity index (χ1n) is 10.6. The fourth-order valence-electron chi connectivity index (χ4n) is 3.24. The van der Waals surface area contributed by atoms with Crippen LogP contribution < -0.4 is 4.74 Å². The number of nitriles is 1. The van der Waals surface area contributed by atoms with Gasteiger partial charge < -0.3 is 9.84 Å². The summed E-state index contributed by atoms with van der Waals surface area (Å²) < 4.78 is 5.83. The Hall–Kier alpha value is -2.80. The molecule has 0 bridgehead atoms. The first-order chi connectivity index (χ1) is 14.0. The number of nitrogens with zero attached hydrogens (tertiary/aromatic N) is 1. The second-order valence-corrected chi connectivity index (χ2v) is 7.62. The molecule has 0 aliphatic carbocycles. The molecule has 0 fully saturated rings. The van der Waals surface area contributed by atoms with E-state index in [0.717, 1.165) is 29.9 Å². The predicted molar refractivity (Wildman–Crippen MR) is 116 cm³/mol. The molecule has 4 nitrogen and oxygen atoms in total. The molecule has 2 aromatic carbocycles. The van der Waals surface area contributed by atoms with Gasteiger partial charge in [0.2, 0.25) is 0 Å². The summed E-state index contributed by atoms with van der Waals surface area (Å²) >= 11 is 0. The third kappa shape index (κ3) is 7.27. The number of hydrogen-bond donors (Lipinski definition) is 1. The summed E-state index contributed by atoms with van der Waals surface area (Å²) in [4.78, 5) is 11.0. The largest absolute Gasteiger partial charge is 0.492 e. The van der Waals surface area contributed by atoms with Crippen molar-refractivity contribution in [2.45, 2.75) is 58.8 Å². The minimum absolute atomic E-state index is 0.245. The Bertz CT molecular complexity index is 821. The lowest BCUT2D eigenvalue weighted by atomic mass is 10.0. The molecule has 0 aliphatic rings. The lowest BCUT2D eigenvalue weighted by Crippen LogP contribution is -2.00. The van der Waals surface area contributed by atoms with Crippen molar-refractivity contribution in [3.8, 4) is 22.9 Å². The Morgan fingerprint density at radius 2 is 1.69 bits per heavy atom. The summed E-state index contributed by atoms with van der Waals surface area (Å²) in [6.07, 6.45) is 8.55. The van der Waals surface area contributed by atoms with Gasteiger partial charge in [-0.1, -0.05) is 70.6 Å². The number of carboxylic acids is 1. The number of benzene rings is 2. The SMILES string of the molecule is CCC(C)CCCCCCCOc1ccc(-c2ccc(C(=O)O)cc2)cc1C#N. The van der Waals surface area contributed by atoms with Crippen LogP contribution in [0.5, 0.6) is 5.75 Å². The Labute approximate surface area is 174 Å². The second-order valence-electron chi connectivity index (χ2n) is 7.62. The summed E-state index contributed by atoms with van der Waals surface area (Å²) in [6, 6.07) is 14.4. The normalized spacial score (nSPS) is 11.6. The molecule has 0 saturated heterocycles. The maximum absolute atomic E-state index is 11.0. The van der Waals surface area contributed by atoms with E-state index in [1.165, 1.54) is 32.1 Å². The van der Waals surface area contributed by atoms with E-state index in [4.69, 9.17) is 9.84 Å². The van der Waals surface area contributed by atoms with Crippen LogP contribution in [0.1, 0.15) is 74.7 Å². The van der Waals surface area contributed by atoms with Gasteiger partial charge >= 0.3 is 5.97 Å². The van der Waals surface area contributed by atoms with Crippen LogP contribution in [0.4, 0.5) is 0 Å². The van der Waals surface area contributed by atoms with Gasteiger partial charge in [0.15, 0.2) is 0 Å². The maximum atomic E-state index is 11.0. The molecular formula is C25H31NO3. The van der Waals surface area contributed by atoms with Gasteiger partial charge in [0.25, 0.3) is 0 Å². The molecule has 0 amide bonds. The van der Waals surface area contributed by atoms with Gasteiger partial charge in [0.05, 0.1) is 17.7 Å². The predicted octanol–water partition coefficient (Wildman–Crippen LogP) is 6.69. The number of ether oxygens (including phenoxy) is 1. The molecule has 154 valence electrons. The molecule has 2 aromatic rings. The summed E-state index contributed by atoms with van der Waals surface area (Å²) in [5, 5.41) is 18.5. The van der Waals surface area contributed by atoms with Crippen LogP contribution in [-0.2, 0) is 0 Å². The van der Waals surface area contributed by atoms with Crippen LogP contribution in [-0.4, -0.2) is 17.7 Å². The number of carboxylic acid groups (broad SMARTS) is 1.